The normalized spacial score (nSPS) is 13.7. The highest BCUT2D eigenvalue weighted by Gasteiger charge is 2.41. The molecule has 0 saturated heterocycles. The molecular weight excluding hydrogens is 455 g/mol. The van der Waals surface area contributed by atoms with Crippen molar-refractivity contribution in [2.24, 2.45) is 0 Å². The lowest BCUT2D eigenvalue weighted by atomic mass is 10.2. The molecule has 0 aromatic heterocycles. The predicted molar refractivity (Wildman–Crippen MR) is 125 cm³/mol. The maximum Gasteiger partial charge on any atom is 0.283 e. The van der Waals surface area contributed by atoms with E-state index in [-0.39, 0.29) is 26.3 Å². The van der Waals surface area contributed by atoms with Crippen LogP contribution in [0.4, 0.5) is 11.4 Å². The lowest BCUT2D eigenvalue weighted by molar-refractivity contribution is -0.120. The summed E-state index contributed by atoms with van der Waals surface area (Å²) in [6.07, 6.45) is 0. The molecule has 0 fully saturated rings. The van der Waals surface area contributed by atoms with Crippen molar-refractivity contribution in [2.75, 3.05) is 17.3 Å². The summed E-state index contributed by atoms with van der Waals surface area (Å²) >= 11 is 13.7. The molecule has 4 rings (SSSR count). The van der Waals surface area contributed by atoms with Gasteiger partial charge in [0.25, 0.3) is 11.8 Å². The Morgan fingerprint density at radius 2 is 1.58 bits per heavy atom. The number of benzene rings is 3. The lowest BCUT2D eigenvalue weighted by Gasteiger charge is -2.17. The summed E-state index contributed by atoms with van der Waals surface area (Å²) in [6, 6.07) is 21.3. The van der Waals surface area contributed by atoms with E-state index < -0.39 is 11.8 Å². The fraction of sp³-hybridized carbons (Fsp3) is 0.0435. The highest BCUT2D eigenvalue weighted by molar-refractivity contribution is 8.04. The first-order valence-corrected chi connectivity index (χ1v) is 10.8. The summed E-state index contributed by atoms with van der Waals surface area (Å²) in [7, 11) is 1.54. The van der Waals surface area contributed by atoms with Crippen LogP contribution >= 0.6 is 35.0 Å². The number of imide groups is 1. The molecule has 1 aliphatic heterocycles. The van der Waals surface area contributed by atoms with Crippen LogP contribution < -0.4 is 15.0 Å². The highest BCUT2D eigenvalue weighted by atomic mass is 35.5. The molecule has 0 atom stereocenters. The van der Waals surface area contributed by atoms with Crippen LogP contribution in [-0.4, -0.2) is 18.9 Å². The number of methoxy groups -OCH3 is 1. The molecule has 2 amide bonds. The molecule has 0 radical (unpaired) electrons. The Labute approximate surface area is 193 Å². The third kappa shape index (κ3) is 4.14. The second kappa shape index (κ2) is 9.06. The molecular formula is C23H16Cl2N2O3S. The largest absolute Gasteiger partial charge is 0.495 e. The van der Waals surface area contributed by atoms with Gasteiger partial charge in [0.2, 0.25) is 0 Å². The quantitative estimate of drug-likeness (QED) is 0.448. The smallest absolute Gasteiger partial charge is 0.283 e. The van der Waals surface area contributed by atoms with E-state index >= 15 is 0 Å². The van der Waals surface area contributed by atoms with Crippen molar-refractivity contribution in [2.45, 2.75) is 4.90 Å². The minimum Gasteiger partial charge on any atom is -0.495 e. The van der Waals surface area contributed by atoms with Crippen LogP contribution in [0.5, 0.6) is 5.75 Å². The maximum atomic E-state index is 13.4. The van der Waals surface area contributed by atoms with E-state index in [9.17, 15) is 9.59 Å². The Balaban J connectivity index is 1.80. The minimum absolute atomic E-state index is 0.133. The van der Waals surface area contributed by atoms with Crippen molar-refractivity contribution in [1.29, 1.82) is 0 Å². The number of halogens is 2. The van der Waals surface area contributed by atoms with Crippen LogP contribution in [0, 0.1) is 0 Å². The summed E-state index contributed by atoms with van der Waals surface area (Å²) in [5.41, 5.74) is 0.929. The number of nitrogens with zero attached hydrogens (tertiary/aromatic N) is 1. The van der Waals surface area contributed by atoms with Crippen LogP contribution in [-0.2, 0) is 9.59 Å². The molecule has 1 aliphatic rings. The number of thioether (sulfide) groups is 1. The molecule has 0 aliphatic carbocycles. The van der Waals surface area contributed by atoms with Gasteiger partial charge in [-0.15, -0.1) is 0 Å². The summed E-state index contributed by atoms with van der Waals surface area (Å²) in [5.74, 6) is -0.475. The van der Waals surface area contributed by atoms with E-state index in [2.05, 4.69) is 5.32 Å². The van der Waals surface area contributed by atoms with E-state index in [0.29, 0.717) is 11.4 Å². The van der Waals surface area contributed by atoms with Gasteiger partial charge in [0.05, 0.1) is 28.5 Å². The molecule has 8 heteroatoms. The molecule has 5 nitrogen and oxygen atoms in total. The van der Waals surface area contributed by atoms with Gasteiger partial charge in [0, 0.05) is 4.90 Å². The third-order valence-electron chi connectivity index (χ3n) is 4.54. The Hall–Kier alpha value is -2.93. The van der Waals surface area contributed by atoms with Gasteiger partial charge in [0.1, 0.15) is 16.4 Å². The van der Waals surface area contributed by atoms with Crippen molar-refractivity contribution in [3.05, 3.63) is 93.4 Å². The van der Waals surface area contributed by atoms with Gasteiger partial charge in [-0.2, -0.15) is 0 Å². The van der Waals surface area contributed by atoms with Gasteiger partial charge in [-0.05, 0) is 36.4 Å². The predicted octanol–water partition coefficient (Wildman–Crippen LogP) is 5.99. The number of nitrogens with one attached hydrogen (secondary N) is 1. The maximum absolute atomic E-state index is 13.4. The zero-order chi connectivity index (χ0) is 22.0. The zero-order valence-electron chi connectivity index (χ0n) is 16.3. The monoisotopic (exact) mass is 470 g/mol. The number of amides is 2. The summed E-state index contributed by atoms with van der Waals surface area (Å²) in [5, 5.41) is 3.48. The molecule has 0 spiro atoms. The number of rotatable bonds is 6. The fourth-order valence-electron chi connectivity index (χ4n) is 3.09. The molecule has 1 heterocycles. The topological polar surface area (TPSA) is 58.6 Å². The number of carbonyl (C=O) groups is 2. The Bertz CT molecular complexity index is 1200. The summed E-state index contributed by atoms with van der Waals surface area (Å²) in [4.78, 5) is 28.9. The van der Waals surface area contributed by atoms with Gasteiger partial charge >= 0.3 is 0 Å². The average molecular weight is 471 g/mol. The van der Waals surface area contributed by atoms with E-state index in [1.165, 1.54) is 18.9 Å². The third-order valence-corrected chi connectivity index (χ3v) is 6.44. The fourth-order valence-corrected chi connectivity index (χ4v) is 4.42. The Morgan fingerprint density at radius 1 is 0.871 bits per heavy atom. The van der Waals surface area contributed by atoms with Crippen molar-refractivity contribution >= 4 is 58.2 Å². The average Bonchev–Trinajstić information content (AvgIpc) is 3.01. The molecule has 3 aromatic rings. The van der Waals surface area contributed by atoms with Crippen LogP contribution in [0.3, 0.4) is 0 Å². The second-order valence-corrected chi connectivity index (χ2v) is 8.33. The van der Waals surface area contributed by atoms with Crippen molar-refractivity contribution in [1.82, 2.24) is 0 Å². The van der Waals surface area contributed by atoms with Gasteiger partial charge in [-0.3, -0.25) is 9.59 Å². The van der Waals surface area contributed by atoms with Crippen LogP contribution in [0.2, 0.25) is 10.0 Å². The molecule has 156 valence electrons. The number of para-hydroxylation sites is 2. The summed E-state index contributed by atoms with van der Waals surface area (Å²) in [6.45, 7) is 0. The van der Waals surface area contributed by atoms with Gasteiger partial charge in [-0.1, -0.05) is 71.4 Å². The Kier molecular flexibility index (Phi) is 6.23. The first-order chi connectivity index (χ1) is 15.0. The molecule has 0 bridgehead atoms. The lowest BCUT2D eigenvalue weighted by Crippen LogP contribution is -2.32. The number of ether oxygens (including phenoxy) is 1. The molecule has 0 unspecified atom stereocenters. The first-order valence-electron chi connectivity index (χ1n) is 9.21. The van der Waals surface area contributed by atoms with E-state index in [1.807, 2.05) is 42.5 Å². The van der Waals surface area contributed by atoms with Gasteiger partial charge in [0.15, 0.2) is 0 Å². The molecule has 1 N–H and O–H groups in total. The molecule has 0 saturated carbocycles. The van der Waals surface area contributed by atoms with E-state index in [4.69, 9.17) is 27.9 Å². The number of carbonyl (C=O) groups excluding carboxylic acids is 2. The number of anilines is 2. The summed E-state index contributed by atoms with van der Waals surface area (Å²) < 4.78 is 5.38. The molecule has 3 aromatic carbocycles. The van der Waals surface area contributed by atoms with Crippen molar-refractivity contribution in [3.8, 4) is 5.75 Å². The van der Waals surface area contributed by atoms with E-state index in [1.54, 1.807) is 30.3 Å². The van der Waals surface area contributed by atoms with Crippen LogP contribution in [0.15, 0.2) is 88.3 Å². The first kappa shape index (κ1) is 21.3. The SMILES string of the molecule is COc1ccccc1NC1=C(Sc2ccccc2)C(=O)N(c2cccc(Cl)c2Cl)C1=O. The van der Waals surface area contributed by atoms with Crippen LogP contribution in [0.1, 0.15) is 0 Å². The van der Waals surface area contributed by atoms with Gasteiger partial charge < -0.3 is 10.1 Å². The second-order valence-electron chi connectivity index (χ2n) is 6.46. The van der Waals surface area contributed by atoms with Crippen molar-refractivity contribution in [3.63, 3.8) is 0 Å². The van der Waals surface area contributed by atoms with Crippen molar-refractivity contribution < 1.29 is 14.3 Å². The Morgan fingerprint density at radius 3 is 2.32 bits per heavy atom. The highest BCUT2D eigenvalue weighted by Crippen LogP contribution is 2.41. The number of hydrogen-bond donors (Lipinski definition) is 1. The standard InChI is InChI=1S/C23H16Cl2N2O3S/c1-30-18-13-6-5-11-16(18)26-20-21(31-14-8-3-2-4-9-14)23(29)27(22(20)28)17-12-7-10-15(24)19(17)25/h2-13,26H,1H3. The zero-order valence-corrected chi connectivity index (χ0v) is 18.6. The number of hydrogen-bond acceptors (Lipinski definition) is 5. The minimum atomic E-state index is -0.529. The van der Waals surface area contributed by atoms with Crippen LogP contribution in [0.25, 0.3) is 0 Å². The molecule has 31 heavy (non-hydrogen) atoms. The van der Waals surface area contributed by atoms with Gasteiger partial charge in [-0.25, -0.2) is 4.90 Å². The van der Waals surface area contributed by atoms with E-state index in [0.717, 1.165) is 9.80 Å².